The first kappa shape index (κ1) is 11.3. The molecule has 6 nitrogen and oxygen atoms in total. The normalized spacial score (nSPS) is 10.7. The van der Waals surface area contributed by atoms with Gasteiger partial charge in [0.05, 0.1) is 7.11 Å². The molecule has 0 saturated heterocycles. The Labute approximate surface area is 86.0 Å². The topological polar surface area (TPSA) is 97.4 Å². The molecule has 0 N–H and O–H groups in total. The Morgan fingerprint density at radius 2 is 2.20 bits per heavy atom. The third kappa shape index (κ3) is 1.99. The molecule has 1 rings (SSSR count). The second-order valence-electron chi connectivity index (χ2n) is 2.62. The average Bonchev–Trinajstić information content (AvgIpc) is 2.60. The van der Waals surface area contributed by atoms with E-state index in [9.17, 15) is 13.2 Å². The van der Waals surface area contributed by atoms with Crippen molar-refractivity contribution < 1.29 is 22.4 Å². The van der Waals surface area contributed by atoms with E-state index in [-0.39, 0.29) is 11.3 Å². The van der Waals surface area contributed by atoms with Crippen molar-refractivity contribution in [3.63, 3.8) is 0 Å². The highest BCUT2D eigenvalue weighted by Gasteiger charge is 2.23. The Kier molecular flexibility index (Phi) is 2.81. The zero-order valence-electron chi connectivity index (χ0n) is 7.97. The van der Waals surface area contributed by atoms with Crippen LogP contribution in [0.5, 0.6) is 0 Å². The molecule has 0 aliphatic heterocycles. The van der Waals surface area contributed by atoms with Gasteiger partial charge in [-0.3, -0.25) is 0 Å². The van der Waals surface area contributed by atoms with E-state index in [1.807, 2.05) is 0 Å². The van der Waals surface area contributed by atoms with Crippen LogP contribution in [0.2, 0.25) is 0 Å². The summed E-state index contributed by atoms with van der Waals surface area (Å²) in [7, 11) is -2.95. The van der Waals surface area contributed by atoms with E-state index in [1.165, 1.54) is 6.92 Å². The summed E-state index contributed by atoms with van der Waals surface area (Å²) in [4.78, 5) is 11.1. The molecule has 0 saturated carbocycles. The molecule has 0 amide bonds. The van der Waals surface area contributed by atoms with E-state index in [4.69, 9.17) is 9.68 Å². The molecular weight excluding hydrogens is 222 g/mol. The van der Waals surface area contributed by atoms with Gasteiger partial charge in [0, 0.05) is 6.07 Å². The van der Waals surface area contributed by atoms with Gasteiger partial charge in [-0.2, -0.15) is 5.26 Å². The SMILES string of the molecule is COC(=O)c1cc(S(=O)(=O)C#N)oc1C. The second-order valence-corrected chi connectivity index (χ2v) is 4.21. The number of nitriles is 1. The highest BCUT2D eigenvalue weighted by Crippen LogP contribution is 2.20. The predicted octanol–water partition coefficient (Wildman–Crippen LogP) is 0.629. The lowest BCUT2D eigenvalue weighted by Crippen LogP contribution is -2.01. The Hall–Kier alpha value is -1.81. The maximum absolute atomic E-state index is 11.1. The van der Waals surface area contributed by atoms with E-state index >= 15 is 0 Å². The molecule has 0 atom stereocenters. The van der Waals surface area contributed by atoms with Crippen LogP contribution >= 0.6 is 0 Å². The number of hydrogen-bond acceptors (Lipinski definition) is 6. The van der Waals surface area contributed by atoms with Crippen molar-refractivity contribution >= 4 is 15.8 Å². The molecule has 0 aliphatic carbocycles. The van der Waals surface area contributed by atoms with Gasteiger partial charge in [0.25, 0.3) is 0 Å². The number of methoxy groups -OCH3 is 1. The van der Waals surface area contributed by atoms with Crippen molar-refractivity contribution in [3.05, 3.63) is 17.4 Å². The van der Waals surface area contributed by atoms with Crippen molar-refractivity contribution in [2.24, 2.45) is 0 Å². The van der Waals surface area contributed by atoms with Crippen LogP contribution in [0.3, 0.4) is 0 Å². The molecule has 0 unspecified atom stereocenters. The van der Waals surface area contributed by atoms with Gasteiger partial charge in [0.1, 0.15) is 11.3 Å². The van der Waals surface area contributed by atoms with Crippen LogP contribution in [0.1, 0.15) is 16.1 Å². The number of ether oxygens (including phenoxy) is 1. The van der Waals surface area contributed by atoms with Crippen molar-refractivity contribution in [1.29, 1.82) is 5.26 Å². The molecule has 0 fully saturated rings. The monoisotopic (exact) mass is 229 g/mol. The zero-order chi connectivity index (χ0) is 11.6. The summed E-state index contributed by atoms with van der Waals surface area (Å²) in [5.41, 5.74) is -0.00803. The minimum absolute atomic E-state index is 0.00803. The molecule has 1 aromatic rings. The molecular formula is C8H7NO5S. The van der Waals surface area contributed by atoms with Crippen LogP contribution in [0.25, 0.3) is 0 Å². The van der Waals surface area contributed by atoms with Crippen molar-refractivity contribution in [3.8, 4) is 5.40 Å². The van der Waals surface area contributed by atoms with E-state index in [0.717, 1.165) is 18.6 Å². The summed E-state index contributed by atoms with van der Waals surface area (Å²) in [5.74, 6) is -0.619. The highest BCUT2D eigenvalue weighted by molar-refractivity contribution is 7.95. The van der Waals surface area contributed by atoms with Crippen molar-refractivity contribution in [1.82, 2.24) is 0 Å². The lowest BCUT2D eigenvalue weighted by molar-refractivity contribution is 0.0599. The zero-order valence-corrected chi connectivity index (χ0v) is 8.79. The van der Waals surface area contributed by atoms with E-state index in [0.29, 0.717) is 0 Å². The minimum Gasteiger partial charge on any atom is -0.465 e. The fraction of sp³-hybridized carbons (Fsp3) is 0.250. The van der Waals surface area contributed by atoms with Crippen LogP contribution in [-0.2, 0) is 14.6 Å². The fourth-order valence-corrected chi connectivity index (χ4v) is 1.54. The number of sulfone groups is 1. The van der Waals surface area contributed by atoms with Crippen LogP contribution in [0.4, 0.5) is 0 Å². The van der Waals surface area contributed by atoms with Crippen LogP contribution in [0.15, 0.2) is 15.6 Å². The fourth-order valence-electron chi connectivity index (χ4n) is 0.945. The third-order valence-electron chi connectivity index (χ3n) is 1.69. The summed E-state index contributed by atoms with van der Waals surface area (Å²) >= 11 is 0. The predicted molar refractivity (Wildman–Crippen MR) is 47.6 cm³/mol. The maximum atomic E-state index is 11.1. The van der Waals surface area contributed by atoms with E-state index in [2.05, 4.69) is 4.74 Å². The third-order valence-corrected chi connectivity index (χ3v) is 2.66. The van der Waals surface area contributed by atoms with Gasteiger partial charge in [-0.25, -0.2) is 13.2 Å². The summed E-state index contributed by atoms with van der Waals surface area (Å²) in [6, 6.07) is 0.972. The van der Waals surface area contributed by atoms with E-state index in [1.54, 1.807) is 0 Å². The van der Waals surface area contributed by atoms with Crippen LogP contribution in [0, 0.1) is 17.6 Å². The summed E-state index contributed by atoms with van der Waals surface area (Å²) in [5, 5.41) is 8.86. The lowest BCUT2D eigenvalue weighted by Gasteiger charge is -1.93. The number of carbonyl (C=O) groups is 1. The summed E-state index contributed by atoms with van der Waals surface area (Å²) in [6.07, 6.45) is 0. The standard InChI is InChI=1S/C8H7NO5S/c1-5-6(8(10)13-2)3-7(14-5)15(11,12)4-9/h3H,1-2H3. The van der Waals surface area contributed by atoms with Gasteiger partial charge in [-0.15, -0.1) is 0 Å². The minimum atomic E-state index is -4.11. The number of thiocyanates is 1. The van der Waals surface area contributed by atoms with Crippen molar-refractivity contribution in [2.75, 3.05) is 7.11 Å². The average molecular weight is 229 g/mol. The summed E-state index contributed by atoms with van der Waals surface area (Å²) in [6.45, 7) is 1.41. The quantitative estimate of drug-likeness (QED) is 0.419. The Bertz CT molecular complexity index is 534. The van der Waals surface area contributed by atoms with Gasteiger partial charge in [-0.1, -0.05) is 0 Å². The first-order valence-electron chi connectivity index (χ1n) is 3.77. The Morgan fingerprint density at radius 3 is 2.67 bits per heavy atom. The Balaban J connectivity index is 3.31. The van der Waals surface area contributed by atoms with Gasteiger partial charge in [0.2, 0.25) is 10.5 Å². The molecule has 0 spiro atoms. The molecule has 80 valence electrons. The molecule has 0 aromatic carbocycles. The molecule has 0 aliphatic rings. The summed E-state index contributed by atoms with van der Waals surface area (Å²) < 4.78 is 31.3. The molecule has 1 heterocycles. The number of nitrogens with zero attached hydrogens (tertiary/aromatic N) is 1. The molecule has 0 bridgehead atoms. The molecule has 15 heavy (non-hydrogen) atoms. The first-order chi connectivity index (χ1) is 6.92. The lowest BCUT2D eigenvalue weighted by atomic mass is 10.3. The smallest absolute Gasteiger partial charge is 0.341 e. The first-order valence-corrected chi connectivity index (χ1v) is 5.25. The maximum Gasteiger partial charge on any atom is 0.341 e. The molecule has 7 heteroatoms. The van der Waals surface area contributed by atoms with Gasteiger partial charge < -0.3 is 9.15 Å². The molecule has 0 radical (unpaired) electrons. The van der Waals surface area contributed by atoms with Gasteiger partial charge in [-0.05, 0) is 6.92 Å². The number of furan rings is 1. The number of rotatable bonds is 2. The van der Waals surface area contributed by atoms with Crippen LogP contribution < -0.4 is 0 Å². The molecule has 1 aromatic heterocycles. The van der Waals surface area contributed by atoms with E-state index < -0.39 is 20.9 Å². The second kappa shape index (κ2) is 3.74. The highest BCUT2D eigenvalue weighted by atomic mass is 32.2. The number of aryl methyl sites for hydroxylation is 1. The largest absolute Gasteiger partial charge is 0.465 e. The number of esters is 1. The number of hydrogen-bond donors (Lipinski definition) is 0. The van der Waals surface area contributed by atoms with Crippen molar-refractivity contribution in [2.45, 2.75) is 12.0 Å². The Morgan fingerprint density at radius 1 is 1.60 bits per heavy atom. The van der Waals surface area contributed by atoms with Crippen LogP contribution in [-0.4, -0.2) is 21.5 Å². The number of carbonyl (C=O) groups excluding carboxylic acids is 1. The van der Waals surface area contributed by atoms with Gasteiger partial charge >= 0.3 is 15.8 Å². The van der Waals surface area contributed by atoms with Gasteiger partial charge in [0.15, 0.2) is 0 Å².